The van der Waals surface area contributed by atoms with E-state index in [1.165, 1.54) is 0 Å². The first-order valence-corrected chi connectivity index (χ1v) is 10.4. The Morgan fingerprint density at radius 2 is 1.73 bits per heavy atom. The number of aromatic nitrogens is 1. The Hall–Kier alpha value is -3.19. The van der Waals surface area contributed by atoms with Crippen LogP contribution < -0.4 is 25.2 Å². The maximum atomic E-state index is 12.5. The number of hydrogen-bond donors (Lipinski definition) is 3. The van der Waals surface area contributed by atoms with Crippen LogP contribution in [0.5, 0.6) is 11.5 Å². The predicted molar refractivity (Wildman–Crippen MR) is 117 cm³/mol. The van der Waals surface area contributed by atoms with Crippen molar-refractivity contribution < 1.29 is 14.6 Å². The molecule has 156 valence electrons. The highest BCUT2D eigenvalue weighted by atomic mass is 16.6. The summed E-state index contributed by atoms with van der Waals surface area (Å²) in [6.45, 7) is 3.22. The van der Waals surface area contributed by atoms with Crippen molar-refractivity contribution in [2.24, 2.45) is 0 Å². The molecule has 0 atom stereocenters. The van der Waals surface area contributed by atoms with Crippen molar-refractivity contribution in [1.29, 1.82) is 0 Å². The third kappa shape index (κ3) is 3.80. The lowest BCUT2D eigenvalue weighted by Crippen LogP contribution is -2.35. The average Bonchev–Trinajstić information content (AvgIpc) is 2.77. The van der Waals surface area contributed by atoms with E-state index < -0.39 is 0 Å². The largest absolute Gasteiger partial charge is 0.486 e. The minimum atomic E-state index is -0.174. The Morgan fingerprint density at radius 1 is 1.03 bits per heavy atom. The normalized spacial score (nSPS) is 16.6. The first kappa shape index (κ1) is 18.8. The Bertz CT molecular complexity index is 1100. The minimum Gasteiger partial charge on any atom is -0.486 e. The van der Waals surface area contributed by atoms with Crippen LogP contribution in [-0.2, 0) is 6.54 Å². The van der Waals surface area contributed by atoms with Crippen LogP contribution in [-0.4, -0.2) is 42.5 Å². The van der Waals surface area contributed by atoms with E-state index in [2.05, 4.69) is 27.3 Å². The van der Waals surface area contributed by atoms with Gasteiger partial charge in [-0.25, -0.2) is 0 Å². The number of aliphatic hydroxyl groups is 1. The maximum Gasteiger partial charge on any atom is 0.253 e. The van der Waals surface area contributed by atoms with E-state index in [4.69, 9.17) is 9.47 Å². The van der Waals surface area contributed by atoms with Crippen LogP contribution in [0.3, 0.4) is 0 Å². The quantitative estimate of drug-likeness (QED) is 0.617. The maximum absolute atomic E-state index is 12.5. The van der Waals surface area contributed by atoms with Crippen molar-refractivity contribution in [2.75, 3.05) is 36.5 Å². The molecule has 0 bridgehead atoms. The number of H-pyrrole nitrogens is 1. The van der Waals surface area contributed by atoms with Crippen LogP contribution >= 0.6 is 0 Å². The molecule has 0 unspecified atom stereocenters. The van der Waals surface area contributed by atoms with Crippen LogP contribution in [0, 0.1) is 0 Å². The standard InChI is InChI=1S/C23H25N3O4/c27-19-5-7-26(8-6-19)18-3-1-17(2-4-18)24-14-16-11-15-12-21-22(30-10-9-29-21)13-20(15)25-23(16)28/h1-4,11-13,19,24,27H,5-10,14H2,(H,25,28). The third-order valence-corrected chi connectivity index (χ3v) is 5.76. The number of benzene rings is 2. The number of nitrogens with one attached hydrogen (secondary N) is 2. The molecule has 30 heavy (non-hydrogen) atoms. The molecule has 3 heterocycles. The van der Waals surface area contributed by atoms with Gasteiger partial charge in [0, 0.05) is 48.0 Å². The first-order chi connectivity index (χ1) is 14.7. The van der Waals surface area contributed by atoms with Gasteiger partial charge in [0.25, 0.3) is 5.56 Å². The van der Waals surface area contributed by atoms with Crippen molar-refractivity contribution in [3.05, 3.63) is 58.4 Å². The topological polar surface area (TPSA) is 86.8 Å². The Kier molecular flexibility index (Phi) is 4.96. The molecule has 0 spiro atoms. The van der Waals surface area contributed by atoms with Crippen molar-refractivity contribution in [1.82, 2.24) is 4.98 Å². The fourth-order valence-corrected chi connectivity index (χ4v) is 4.03. The summed E-state index contributed by atoms with van der Waals surface area (Å²) in [4.78, 5) is 17.7. The Labute approximate surface area is 174 Å². The lowest BCUT2D eigenvalue weighted by Gasteiger charge is -2.31. The third-order valence-electron chi connectivity index (χ3n) is 5.76. The number of nitrogens with zero attached hydrogens (tertiary/aromatic N) is 1. The smallest absolute Gasteiger partial charge is 0.253 e. The Balaban J connectivity index is 1.30. The van der Waals surface area contributed by atoms with Gasteiger partial charge in [-0.2, -0.15) is 0 Å². The molecular weight excluding hydrogens is 382 g/mol. The summed E-state index contributed by atoms with van der Waals surface area (Å²) in [7, 11) is 0. The Morgan fingerprint density at radius 3 is 2.47 bits per heavy atom. The summed E-state index contributed by atoms with van der Waals surface area (Å²) >= 11 is 0. The van der Waals surface area contributed by atoms with Gasteiger partial charge in [-0.3, -0.25) is 4.79 Å². The van der Waals surface area contributed by atoms with Gasteiger partial charge in [0.05, 0.1) is 11.6 Å². The van der Waals surface area contributed by atoms with E-state index in [1.807, 2.05) is 30.3 Å². The summed E-state index contributed by atoms with van der Waals surface area (Å²) < 4.78 is 11.2. The number of aliphatic hydroxyl groups excluding tert-OH is 1. The predicted octanol–water partition coefficient (Wildman–Crippen LogP) is 2.87. The van der Waals surface area contributed by atoms with E-state index in [1.54, 1.807) is 0 Å². The molecule has 3 aromatic rings. The number of hydrogen-bond acceptors (Lipinski definition) is 6. The summed E-state index contributed by atoms with van der Waals surface area (Å²) in [6.07, 6.45) is 1.45. The van der Waals surface area contributed by atoms with E-state index in [0.29, 0.717) is 36.8 Å². The zero-order valence-electron chi connectivity index (χ0n) is 16.7. The first-order valence-electron chi connectivity index (χ1n) is 10.4. The fraction of sp³-hybridized carbons (Fsp3) is 0.348. The van der Waals surface area contributed by atoms with Crippen molar-refractivity contribution in [3.63, 3.8) is 0 Å². The summed E-state index contributed by atoms with van der Waals surface area (Å²) in [5.74, 6) is 1.37. The molecule has 0 aliphatic carbocycles. The number of ether oxygens (including phenoxy) is 2. The number of pyridine rings is 1. The molecule has 7 heteroatoms. The lowest BCUT2D eigenvalue weighted by molar-refractivity contribution is 0.145. The number of anilines is 2. The monoisotopic (exact) mass is 407 g/mol. The molecular formula is C23H25N3O4. The number of aromatic amines is 1. The molecule has 5 rings (SSSR count). The molecule has 1 aromatic heterocycles. The highest BCUT2D eigenvalue weighted by molar-refractivity contribution is 5.83. The molecule has 0 amide bonds. The van der Waals surface area contributed by atoms with Crippen LogP contribution in [0.2, 0.25) is 0 Å². The fourth-order valence-electron chi connectivity index (χ4n) is 4.03. The lowest BCUT2D eigenvalue weighted by atomic mass is 10.1. The molecule has 3 N–H and O–H groups in total. The summed E-state index contributed by atoms with van der Waals surface area (Å²) in [6, 6.07) is 13.8. The highest BCUT2D eigenvalue weighted by Gasteiger charge is 2.17. The van der Waals surface area contributed by atoms with Gasteiger partial charge in [-0.15, -0.1) is 0 Å². The van der Waals surface area contributed by atoms with Crippen molar-refractivity contribution >= 4 is 22.3 Å². The molecule has 0 saturated carbocycles. The molecule has 1 saturated heterocycles. The number of fused-ring (bicyclic) bond motifs is 2. The SMILES string of the molecule is O=c1[nH]c2cc3c(cc2cc1CNc1ccc(N2CCC(O)CC2)cc1)OCCO3. The highest BCUT2D eigenvalue weighted by Crippen LogP contribution is 2.33. The number of rotatable bonds is 4. The van der Waals surface area contributed by atoms with E-state index in [9.17, 15) is 9.90 Å². The van der Waals surface area contributed by atoms with Crippen molar-refractivity contribution in [2.45, 2.75) is 25.5 Å². The van der Waals surface area contributed by atoms with E-state index in [0.717, 1.165) is 48.2 Å². The second-order valence-electron chi connectivity index (χ2n) is 7.83. The average molecular weight is 407 g/mol. The molecule has 7 nitrogen and oxygen atoms in total. The number of piperidine rings is 1. The zero-order chi connectivity index (χ0) is 20.5. The molecule has 2 aromatic carbocycles. The van der Waals surface area contributed by atoms with Gasteiger partial charge in [-0.05, 0) is 49.2 Å². The van der Waals surface area contributed by atoms with Crippen LogP contribution in [0.1, 0.15) is 18.4 Å². The van der Waals surface area contributed by atoms with Gasteiger partial charge < -0.3 is 29.8 Å². The van der Waals surface area contributed by atoms with Crippen molar-refractivity contribution in [3.8, 4) is 11.5 Å². The van der Waals surface area contributed by atoms with Crippen LogP contribution in [0.15, 0.2) is 47.3 Å². The minimum absolute atomic E-state index is 0.116. The van der Waals surface area contributed by atoms with Crippen LogP contribution in [0.4, 0.5) is 11.4 Å². The van der Waals surface area contributed by atoms with Gasteiger partial charge in [0.2, 0.25) is 0 Å². The molecule has 1 fully saturated rings. The van der Waals surface area contributed by atoms with E-state index in [-0.39, 0.29) is 11.7 Å². The van der Waals surface area contributed by atoms with Crippen LogP contribution in [0.25, 0.3) is 10.9 Å². The summed E-state index contributed by atoms with van der Waals surface area (Å²) in [5, 5.41) is 13.9. The van der Waals surface area contributed by atoms with E-state index >= 15 is 0 Å². The molecule has 0 radical (unpaired) electrons. The second-order valence-corrected chi connectivity index (χ2v) is 7.83. The molecule has 2 aliphatic rings. The molecule has 2 aliphatic heterocycles. The van der Waals surface area contributed by atoms with Gasteiger partial charge in [0.15, 0.2) is 11.5 Å². The van der Waals surface area contributed by atoms with Gasteiger partial charge >= 0.3 is 0 Å². The van der Waals surface area contributed by atoms with Gasteiger partial charge in [0.1, 0.15) is 13.2 Å². The summed E-state index contributed by atoms with van der Waals surface area (Å²) in [5.41, 5.74) is 3.40. The van der Waals surface area contributed by atoms with Gasteiger partial charge in [-0.1, -0.05) is 0 Å². The second kappa shape index (κ2) is 7.91. The zero-order valence-corrected chi connectivity index (χ0v) is 16.7.